The van der Waals surface area contributed by atoms with E-state index >= 15 is 0 Å². The van der Waals surface area contributed by atoms with E-state index < -0.39 is 42.8 Å². The van der Waals surface area contributed by atoms with Crippen molar-refractivity contribution >= 4 is 23.7 Å². The molecular formula is C16H19ClN2O9. The van der Waals surface area contributed by atoms with E-state index in [0.29, 0.717) is 23.9 Å². The van der Waals surface area contributed by atoms with Gasteiger partial charge < -0.3 is 39.5 Å². The Kier molecular flexibility index (Phi) is 6.20. The number of carboxylic acid groups (broad SMARTS) is 1. The lowest BCUT2D eigenvalue weighted by molar-refractivity contribution is -0.280. The standard InChI is InChI=1S/C16H19ClN2O9/c17-9-2-1-8(5-18-9)26-6-7-3-4-19(7)16(25)28-15-12(22)10(20)11(21)13(27-15)14(23)24/h1-2,5,7,10-13,15,20-22H,3-4,6H2,(H,23,24)/t7-,10+,11+,12-,13+,15+/m1/s1. The molecule has 2 saturated heterocycles. The second kappa shape index (κ2) is 8.45. The number of ether oxygens (including phenoxy) is 3. The monoisotopic (exact) mass is 418 g/mol. The molecule has 0 radical (unpaired) electrons. The van der Waals surface area contributed by atoms with Gasteiger partial charge in [-0.3, -0.25) is 0 Å². The minimum absolute atomic E-state index is 0.158. The van der Waals surface area contributed by atoms with Crippen molar-refractivity contribution in [1.82, 2.24) is 9.88 Å². The third-order valence-electron chi connectivity index (χ3n) is 4.55. The fourth-order valence-electron chi connectivity index (χ4n) is 2.81. The normalized spacial score (nSPS) is 32.4. The SMILES string of the molecule is O=C(O)[C@H]1O[C@@H](OC(=O)N2CC[C@@H]2COc2ccc(Cl)nc2)[C@H](O)[C@@H](O)[C@@H]1O. The zero-order chi connectivity index (χ0) is 20.4. The van der Waals surface area contributed by atoms with Crippen LogP contribution in [0.1, 0.15) is 6.42 Å². The highest BCUT2D eigenvalue weighted by molar-refractivity contribution is 6.29. The second-order valence-corrected chi connectivity index (χ2v) is 6.77. The van der Waals surface area contributed by atoms with Gasteiger partial charge in [-0.2, -0.15) is 0 Å². The summed E-state index contributed by atoms with van der Waals surface area (Å²) in [7, 11) is 0. The van der Waals surface area contributed by atoms with E-state index in [1.807, 2.05) is 0 Å². The molecule has 4 N–H and O–H groups in total. The van der Waals surface area contributed by atoms with Crippen LogP contribution in [0.4, 0.5) is 4.79 Å². The van der Waals surface area contributed by atoms with E-state index in [2.05, 4.69) is 4.98 Å². The summed E-state index contributed by atoms with van der Waals surface area (Å²) in [6, 6.07) is 2.88. The maximum absolute atomic E-state index is 12.3. The summed E-state index contributed by atoms with van der Waals surface area (Å²) in [5.41, 5.74) is 0. The van der Waals surface area contributed by atoms with Gasteiger partial charge in [0.1, 0.15) is 35.8 Å². The van der Waals surface area contributed by atoms with Crippen molar-refractivity contribution in [2.24, 2.45) is 0 Å². The highest BCUT2D eigenvalue weighted by Gasteiger charge is 2.49. The number of aromatic nitrogens is 1. The molecule has 2 fully saturated rings. The Labute approximate surface area is 164 Å². The van der Waals surface area contributed by atoms with Crippen LogP contribution in [0.25, 0.3) is 0 Å². The molecule has 3 rings (SSSR count). The number of aliphatic hydroxyl groups is 3. The molecular weight excluding hydrogens is 400 g/mol. The number of carboxylic acids is 1. The van der Waals surface area contributed by atoms with Gasteiger partial charge in [0, 0.05) is 6.54 Å². The number of amides is 1. The Morgan fingerprint density at radius 3 is 2.57 bits per heavy atom. The number of likely N-dealkylation sites (tertiary alicyclic amines) is 1. The molecule has 3 heterocycles. The largest absolute Gasteiger partial charge is 0.490 e. The minimum Gasteiger partial charge on any atom is -0.490 e. The maximum Gasteiger partial charge on any atom is 0.412 e. The molecule has 2 aliphatic heterocycles. The summed E-state index contributed by atoms with van der Waals surface area (Å²) in [6.07, 6.45) is -7.88. The lowest BCUT2D eigenvalue weighted by atomic mass is 9.99. The number of halogens is 1. The minimum atomic E-state index is -1.86. The van der Waals surface area contributed by atoms with Crippen molar-refractivity contribution in [3.05, 3.63) is 23.5 Å². The van der Waals surface area contributed by atoms with E-state index in [4.69, 9.17) is 30.9 Å². The molecule has 2 aliphatic rings. The average molecular weight is 419 g/mol. The first kappa shape index (κ1) is 20.6. The number of carbonyl (C=O) groups is 2. The zero-order valence-corrected chi connectivity index (χ0v) is 15.2. The van der Waals surface area contributed by atoms with E-state index in [9.17, 15) is 24.9 Å². The summed E-state index contributed by atoms with van der Waals surface area (Å²) in [6.45, 7) is 0.521. The van der Waals surface area contributed by atoms with Crippen LogP contribution >= 0.6 is 11.6 Å². The summed E-state index contributed by atoms with van der Waals surface area (Å²) in [5.74, 6) is -1.09. The lowest BCUT2D eigenvalue weighted by Crippen LogP contribution is -2.62. The van der Waals surface area contributed by atoms with Gasteiger partial charge in [-0.15, -0.1) is 0 Å². The maximum atomic E-state index is 12.3. The van der Waals surface area contributed by atoms with Crippen molar-refractivity contribution in [2.75, 3.05) is 13.2 Å². The number of pyridine rings is 1. The number of nitrogens with zero attached hydrogens (tertiary/aromatic N) is 2. The lowest BCUT2D eigenvalue weighted by Gasteiger charge is -2.42. The Bertz CT molecular complexity index is 719. The van der Waals surface area contributed by atoms with Crippen molar-refractivity contribution in [2.45, 2.75) is 43.2 Å². The van der Waals surface area contributed by atoms with E-state index in [1.165, 1.54) is 11.1 Å². The van der Waals surface area contributed by atoms with Crippen LogP contribution in [-0.2, 0) is 14.3 Å². The van der Waals surface area contributed by atoms with E-state index in [1.54, 1.807) is 12.1 Å². The third kappa shape index (κ3) is 4.28. The molecule has 11 nitrogen and oxygen atoms in total. The van der Waals surface area contributed by atoms with Crippen LogP contribution in [0, 0.1) is 0 Å². The Balaban J connectivity index is 1.54. The first-order valence-electron chi connectivity index (χ1n) is 8.42. The van der Waals surface area contributed by atoms with Gasteiger partial charge in [0.15, 0.2) is 6.10 Å². The Hall–Kier alpha value is -2.18. The fourth-order valence-corrected chi connectivity index (χ4v) is 2.92. The summed E-state index contributed by atoms with van der Waals surface area (Å²) < 4.78 is 15.5. The number of aliphatic hydroxyl groups excluding tert-OH is 3. The molecule has 1 aromatic rings. The van der Waals surface area contributed by atoms with Gasteiger partial charge in [-0.1, -0.05) is 11.6 Å². The van der Waals surface area contributed by atoms with Gasteiger partial charge in [0.2, 0.25) is 6.29 Å². The van der Waals surface area contributed by atoms with Crippen LogP contribution in [0.2, 0.25) is 5.15 Å². The summed E-state index contributed by atoms with van der Waals surface area (Å²) >= 11 is 5.69. The smallest absolute Gasteiger partial charge is 0.412 e. The molecule has 0 unspecified atom stereocenters. The second-order valence-electron chi connectivity index (χ2n) is 6.38. The molecule has 12 heteroatoms. The molecule has 154 valence electrons. The molecule has 0 aromatic carbocycles. The zero-order valence-electron chi connectivity index (χ0n) is 14.4. The molecule has 1 amide bonds. The number of carbonyl (C=O) groups excluding carboxylic acids is 1. The summed E-state index contributed by atoms with van der Waals surface area (Å²) in [4.78, 5) is 28.6. The molecule has 0 saturated carbocycles. The van der Waals surface area contributed by atoms with Crippen molar-refractivity contribution < 1.29 is 44.2 Å². The van der Waals surface area contributed by atoms with Crippen molar-refractivity contribution in [3.63, 3.8) is 0 Å². The molecule has 1 aromatic heterocycles. The number of aliphatic carboxylic acids is 1. The molecule has 0 bridgehead atoms. The number of hydrogen-bond donors (Lipinski definition) is 4. The Morgan fingerprint density at radius 2 is 2.00 bits per heavy atom. The first-order chi connectivity index (χ1) is 13.3. The predicted molar refractivity (Wildman–Crippen MR) is 90.7 cm³/mol. The van der Waals surface area contributed by atoms with Crippen LogP contribution in [0.5, 0.6) is 5.75 Å². The van der Waals surface area contributed by atoms with Crippen molar-refractivity contribution in [3.8, 4) is 5.75 Å². The van der Waals surface area contributed by atoms with Crippen molar-refractivity contribution in [1.29, 1.82) is 0 Å². The van der Waals surface area contributed by atoms with Crippen LogP contribution < -0.4 is 4.74 Å². The molecule has 0 spiro atoms. The highest BCUT2D eigenvalue weighted by Crippen LogP contribution is 2.26. The van der Waals surface area contributed by atoms with Crippen LogP contribution in [-0.4, -0.2) is 92.3 Å². The van der Waals surface area contributed by atoms with E-state index in [0.717, 1.165) is 0 Å². The van der Waals surface area contributed by atoms with Gasteiger partial charge in [0.05, 0.1) is 12.2 Å². The highest BCUT2D eigenvalue weighted by atomic mass is 35.5. The third-order valence-corrected chi connectivity index (χ3v) is 4.77. The van der Waals surface area contributed by atoms with Gasteiger partial charge in [-0.05, 0) is 18.6 Å². The first-order valence-corrected chi connectivity index (χ1v) is 8.80. The van der Waals surface area contributed by atoms with E-state index in [-0.39, 0.29) is 12.6 Å². The topological polar surface area (TPSA) is 159 Å². The van der Waals surface area contributed by atoms with Gasteiger partial charge in [0.25, 0.3) is 0 Å². The fraction of sp³-hybridized carbons (Fsp3) is 0.562. The Morgan fingerprint density at radius 1 is 1.25 bits per heavy atom. The number of rotatable bonds is 5. The number of hydrogen-bond acceptors (Lipinski definition) is 9. The predicted octanol–water partition coefficient (Wildman–Crippen LogP) is -0.783. The van der Waals surface area contributed by atoms with Gasteiger partial charge in [-0.25, -0.2) is 14.6 Å². The average Bonchev–Trinajstić information content (AvgIpc) is 2.62. The van der Waals surface area contributed by atoms with Gasteiger partial charge >= 0.3 is 12.1 Å². The van der Waals surface area contributed by atoms with Crippen LogP contribution in [0.15, 0.2) is 18.3 Å². The molecule has 6 atom stereocenters. The van der Waals surface area contributed by atoms with Crippen LogP contribution in [0.3, 0.4) is 0 Å². The molecule has 0 aliphatic carbocycles. The summed E-state index contributed by atoms with van der Waals surface area (Å²) in [5, 5.41) is 38.6. The molecule has 28 heavy (non-hydrogen) atoms. The quantitative estimate of drug-likeness (QED) is 0.446.